The molecule has 1 saturated heterocycles. The molecule has 0 saturated carbocycles. The number of hydrogen-bond donors (Lipinski definition) is 1. The predicted octanol–water partition coefficient (Wildman–Crippen LogP) is 6.10. The minimum absolute atomic E-state index is 0.253. The molecule has 4 rings (SSSR count). The lowest BCUT2D eigenvalue weighted by atomic mass is 10.0. The number of benzodiazepines with no additional fused rings is 1. The zero-order chi connectivity index (χ0) is 23.8. The molecule has 0 aromatic heterocycles. The number of anilines is 1. The van der Waals surface area contributed by atoms with E-state index in [9.17, 15) is 4.79 Å². The van der Waals surface area contributed by atoms with Gasteiger partial charge in [0.15, 0.2) is 0 Å². The smallest absolute Gasteiger partial charge is 0.354 e. The molecule has 2 aromatic rings. The zero-order valence-corrected chi connectivity index (χ0v) is 22.8. The van der Waals surface area contributed by atoms with Gasteiger partial charge in [0.1, 0.15) is 22.2 Å². The number of carbonyl (C=O) groups excluding carboxylic acids is 1. The SMILES string of the molecule is CCOC(=O)/C(=C1/CN=C(c2ccccc2)c2cc(Cl)ccc2N1)N1[Si](C)(C)CC[Si]1(C)C. The first-order valence-electron chi connectivity index (χ1n) is 11.5. The van der Waals surface area contributed by atoms with Crippen molar-refractivity contribution in [3.8, 4) is 0 Å². The van der Waals surface area contributed by atoms with Gasteiger partial charge >= 0.3 is 5.97 Å². The molecule has 0 unspecified atom stereocenters. The van der Waals surface area contributed by atoms with Gasteiger partial charge in [-0.3, -0.25) is 4.99 Å². The fourth-order valence-electron chi connectivity index (χ4n) is 5.05. The molecule has 2 aromatic carbocycles. The lowest BCUT2D eigenvalue weighted by Gasteiger charge is -2.42. The second-order valence-corrected chi connectivity index (χ2v) is 19.9. The molecule has 2 heterocycles. The standard InChI is InChI=1S/C25H32ClN3O2Si2/c1-6-31-25(30)24(29-32(2,3)14-15-33(29,4)5)22-17-27-23(18-10-8-7-9-11-18)20-16-19(26)12-13-21(20)28-22/h7-13,16,28H,6,14-15,17H2,1-5H3/b24-22+. The van der Waals surface area contributed by atoms with Crippen molar-refractivity contribution in [1.29, 1.82) is 0 Å². The molecular formula is C25H32ClN3O2Si2. The van der Waals surface area contributed by atoms with Gasteiger partial charge in [-0.2, -0.15) is 0 Å². The Bertz CT molecular complexity index is 1110. The van der Waals surface area contributed by atoms with Crippen molar-refractivity contribution >= 4 is 45.4 Å². The molecule has 2 aliphatic rings. The number of halogens is 1. The normalized spacial score (nSPS) is 20.3. The van der Waals surface area contributed by atoms with E-state index in [1.807, 2.05) is 43.3 Å². The van der Waals surface area contributed by atoms with Crippen LogP contribution in [-0.2, 0) is 9.53 Å². The summed E-state index contributed by atoms with van der Waals surface area (Å²) in [4.78, 5) is 18.5. The highest BCUT2D eigenvalue weighted by Gasteiger charge is 2.50. The first-order valence-corrected chi connectivity index (χ1v) is 18.2. The Balaban J connectivity index is 1.93. The van der Waals surface area contributed by atoms with E-state index in [-0.39, 0.29) is 5.97 Å². The molecule has 0 bridgehead atoms. The number of benzene rings is 2. The highest BCUT2D eigenvalue weighted by Crippen LogP contribution is 2.41. The maximum atomic E-state index is 13.4. The van der Waals surface area contributed by atoms with Crippen molar-refractivity contribution in [3.63, 3.8) is 0 Å². The highest BCUT2D eigenvalue weighted by molar-refractivity contribution is 6.96. The third-order valence-corrected chi connectivity index (χ3v) is 16.7. The Labute approximate surface area is 203 Å². The number of ether oxygens (including phenoxy) is 1. The fraction of sp³-hybridized carbons (Fsp3) is 0.360. The van der Waals surface area contributed by atoms with E-state index >= 15 is 0 Å². The van der Waals surface area contributed by atoms with Crippen molar-refractivity contribution in [2.24, 2.45) is 4.99 Å². The average Bonchev–Trinajstić information content (AvgIpc) is 2.90. The Morgan fingerprint density at radius 3 is 2.39 bits per heavy atom. The van der Waals surface area contributed by atoms with E-state index in [0.29, 0.717) is 23.9 Å². The Hall–Kier alpha value is -2.36. The Kier molecular flexibility index (Phi) is 6.57. The fourth-order valence-corrected chi connectivity index (χ4v) is 19.5. The molecule has 0 amide bonds. The van der Waals surface area contributed by atoms with Crippen LogP contribution in [0, 0.1) is 0 Å². The third kappa shape index (κ3) is 4.67. The second-order valence-electron chi connectivity index (χ2n) is 9.85. The van der Waals surface area contributed by atoms with Crippen LogP contribution in [0.15, 0.2) is 64.9 Å². The van der Waals surface area contributed by atoms with Crippen molar-refractivity contribution in [2.45, 2.75) is 45.2 Å². The predicted molar refractivity (Wildman–Crippen MR) is 142 cm³/mol. The summed E-state index contributed by atoms with van der Waals surface area (Å²) in [6, 6.07) is 18.3. The molecule has 33 heavy (non-hydrogen) atoms. The van der Waals surface area contributed by atoms with Gasteiger partial charge in [0.25, 0.3) is 0 Å². The van der Waals surface area contributed by atoms with E-state index in [4.69, 9.17) is 21.3 Å². The third-order valence-electron chi connectivity index (χ3n) is 6.50. The van der Waals surface area contributed by atoms with Gasteiger partial charge in [-0.05, 0) is 37.2 Å². The first-order chi connectivity index (χ1) is 15.6. The minimum Gasteiger partial charge on any atom is -0.461 e. The quantitative estimate of drug-likeness (QED) is 0.315. The molecule has 2 aliphatic heterocycles. The van der Waals surface area contributed by atoms with Crippen LogP contribution >= 0.6 is 11.6 Å². The first kappa shape index (κ1) is 23.8. The van der Waals surface area contributed by atoms with E-state index in [1.165, 1.54) is 12.1 Å². The van der Waals surface area contributed by atoms with E-state index in [2.05, 4.69) is 47.9 Å². The van der Waals surface area contributed by atoms with Crippen LogP contribution in [0.1, 0.15) is 18.1 Å². The number of rotatable bonds is 4. The number of nitrogens with zero attached hydrogens (tertiary/aromatic N) is 2. The molecular weight excluding hydrogens is 466 g/mol. The summed E-state index contributed by atoms with van der Waals surface area (Å²) >= 11 is 6.39. The van der Waals surface area contributed by atoms with Gasteiger partial charge < -0.3 is 14.3 Å². The van der Waals surface area contributed by atoms with Gasteiger partial charge in [-0.1, -0.05) is 68.1 Å². The van der Waals surface area contributed by atoms with Crippen molar-refractivity contribution in [2.75, 3.05) is 18.5 Å². The summed E-state index contributed by atoms with van der Waals surface area (Å²) < 4.78 is 8.12. The molecule has 0 aliphatic carbocycles. The summed E-state index contributed by atoms with van der Waals surface area (Å²) in [5.74, 6) is -0.253. The summed E-state index contributed by atoms with van der Waals surface area (Å²) in [6.07, 6.45) is 0. The van der Waals surface area contributed by atoms with Crippen LogP contribution in [0.25, 0.3) is 0 Å². The van der Waals surface area contributed by atoms with Crippen LogP contribution in [0.4, 0.5) is 5.69 Å². The summed E-state index contributed by atoms with van der Waals surface area (Å²) in [7, 11) is -3.63. The lowest BCUT2D eigenvalue weighted by molar-refractivity contribution is -0.139. The topological polar surface area (TPSA) is 53.9 Å². The Morgan fingerprint density at radius 1 is 1.09 bits per heavy atom. The second kappa shape index (κ2) is 9.12. The van der Waals surface area contributed by atoms with Crippen LogP contribution in [0.2, 0.25) is 43.3 Å². The number of carbonyl (C=O) groups is 1. The number of fused-ring (bicyclic) bond motifs is 1. The van der Waals surface area contributed by atoms with Crippen LogP contribution in [0.5, 0.6) is 0 Å². The molecule has 8 heteroatoms. The van der Waals surface area contributed by atoms with Gasteiger partial charge in [-0.25, -0.2) is 4.79 Å². The maximum absolute atomic E-state index is 13.4. The maximum Gasteiger partial charge on any atom is 0.354 e. The van der Waals surface area contributed by atoms with Crippen LogP contribution in [0.3, 0.4) is 0 Å². The number of esters is 1. The molecule has 1 N–H and O–H groups in total. The molecule has 1 fully saturated rings. The van der Waals surface area contributed by atoms with Gasteiger partial charge in [0, 0.05) is 21.8 Å². The number of aliphatic imine (C=N–C) groups is 1. The average molecular weight is 498 g/mol. The van der Waals surface area contributed by atoms with Crippen LogP contribution in [-0.4, -0.2) is 45.5 Å². The van der Waals surface area contributed by atoms with E-state index in [0.717, 1.165) is 28.2 Å². The van der Waals surface area contributed by atoms with Gasteiger partial charge in [0.05, 0.1) is 24.6 Å². The van der Waals surface area contributed by atoms with Crippen LogP contribution < -0.4 is 5.32 Å². The molecule has 5 nitrogen and oxygen atoms in total. The Morgan fingerprint density at radius 2 is 1.76 bits per heavy atom. The van der Waals surface area contributed by atoms with Crippen molar-refractivity contribution in [1.82, 2.24) is 4.23 Å². The van der Waals surface area contributed by atoms with Crippen molar-refractivity contribution in [3.05, 3.63) is 76.1 Å². The van der Waals surface area contributed by atoms with Gasteiger partial charge in [-0.15, -0.1) is 0 Å². The highest BCUT2D eigenvalue weighted by atomic mass is 35.5. The molecule has 174 valence electrons. The summed E-state index contributed by atoms with van der Waals surface area (Å²) in [6.45, 7) is 12.0. The number of nitrogens with one attached hydrogen (secondary N) is 1. The molecule has 0 spiro atoms. The molecule has 0 atom stereocenters. The number of hydrogen-bond acceptors (Lipinski definition) is 5. The van der Waals surface area contributed by atoms with E-state index < -0.39 is 16.5 Å². The minimum atomic E-state index is -1.81. The van der Waals surface area contributed by atoms with Crippen molar-refractivity contribution < 1.29 is 9.53 Å². The summed E-state index contributed by atoms with van der Waals surface area (Å²) in [5.41, 5.74) is 5.21. The zero-order valence-electron chi connectivity index (χ0n) is 20.0. The largest absolute Gasteiger partial charge is 0.461 e. The lowest BCUT2D eigenvalue weighted by Crippen LogP contribution is -2.56. The van der Waals surface area contributed by atoms with E-state index in [1.54, 1.807) is 0 Å². The monoisotopic (exact) mass is 497 g/mol. The summed E-state index contributed by atoms with van der Waals surface area (Å²) in [5, 5.41) is 4.24. The van der Waals surface area contributed by atoms with Gasteiger partial charge in [0.2, 0.25) is 0 Å². The molecule has 0 radical (unpaired) electrons.